The standard InChI is InChI=1S/C11H16N/c1-3-10-6-5-9(8-12)7-11(10)4-2/h5,7H,3-4,8,12H2,1-2H3. The van der Waals surface area contributed by atoms with Crippen LogP contribution in [0.2, 0.25) is 0 Å². The summed E-state index contributed by atoms with van der Waals surface area (Å²) in [6.45, 7) is 4.95. The van der Waals surface area contributed by atoms with Gasteiger partial charge in [0.25, 0.3) is 0 Å². The molecule has 1 aromatic carbocycles. The lowest BCUT2D eigenvalue weighted by molar-refractivity contribution is 0.999. The lowest BCUT2D eigenvalue weighted by Crippen LogP contribution is -1.99. The van der Waals surface area contributed by atoms with Crippen LogP contribution in [-0.2, 0) is 19.4 Å². The summed E-state index contributed by atoms with van der Waals surface area (Å²) in [6, 6.07) is 7.46. The number of nitrogens with two attached hydrogens (primary N) is 1. The maximum atomic E-state index is 5.54. The minimum absolute atomic E-state index is 0.619. The Morgan fingerprint density at radius 1 is 1.33 bits per heavy atom. The highest BCUT2D eigenvalue weighted by atomic mass is 14.5. The van der Waals surface area contributed by atoms with Crippen LogP contribution >= 0.6 is 0 Å². The molecule has 0 fully saturated rings. The molecular formula is C11H16N. The monoisotopic (exact) mass is 162 g/mol. The summed E-state index contributed by atoms with van der Waals surface area (Å²) in [5, 5.41) is 0. The lowest BCUT2D eigenvalue weighted by Gasteiger charge is -2.06. The van der Waals surface area contributed by atoms with Crippen LogP contribution in [0.4, 0.5) is 0 Å². The molecule has 0 aromatic heterocycles. The van der Waals surface area contributed by atoms with E-state index in [1.54, 1.807) is 0 Å². The van der Waals surface area contributed by atoms with Crippen molar-refractivity contribution >= 4 is 0 Å². The van der Waals surface area contributed by atoms with Gasteiger partial charge in [0.05, 0.1) is 0 Å². The van der Waals surface area contributed by atoms with Gasteiger partial charge in [0, 0.05) is 6.54 Å². The van der Waals surface area contributed by atoms with Gasteiger partial charge < -0.3 is 5.73 Å². The summed E-state index contributed by atoms with van der Waals surface area (Å²) >= 11 is 0. The molecular weight excluding hydrogens is 146 g/mol. The summed E-state index contributed by atoms with van der Waals surface area (Å²) in [5.41, 5.74) is 9.45. The molecule has 1 heteroatoms. The van der Waals surface area contributed by atoms with Crippen LogP contribution in [0.1, 0.15) is 30.5 Å². The number of hydrogen-bond acceptors (Lipinski definition) is 1. The summed E-state index contributed by atoms with van der Waals surface area (Å²) in [5.74, 6) is 0. The Kier molecular flexibility index (Phi) is 3.30. The predicted octanol–water partition coefficient (Wildman–Crippen LogP) is 2.07. The summed E-state index contributed by atoms with van der Waals surface area (Å²) in [7, 11) is 0. The SMILES string of the molecule is CCc1[c]cc(CN)cc1CC. The van der Waals surface area contributed by atoms with Gasteiger partial charge in [-0.2, -0.15) is 0 Å². The Labute approximate surface area is 74.6 Å². The second kappa shape index (κ2) is 4.27. The van der Waals surface area contributed by atoms with Crippen molar-refractivity contribution in [2.75, 3.05) is 0 Å². The molecule has 12 heavy (non-hydrogen) atoms. The van der Waals surface area contributed by atoms with Gasteiger partial charge in [-0.1, -0.05) is 19.9 Å². The fourth-order valence-corrected chi connectivity index (χ4v) is 1.39. The van der Waals surface area contributed by atoms with Gasteiger partial charge in [-0.05, 0) is 41.7 Å². The molecule has 0 heterocycles. The Morgan fingerprint density at radius 3 is 2.58 bits per heavy atom. The molecule has 1 radical (unpaired) electrons. The quantitative estimate of drug-likeness (QED) is 0.723. The van der Waals surface area contributed by atoms with Crippen molar-refractivity contribution in [3.05, 3.63) is 34.9 Å². The van der Waals surface area contributed by atoms with Crippen LogP contribution in [-0.4, -0.2) is 0 Å². The van der Waals surface area contributed by atoms with E-state index >= 15 is 0 Å². The van der Waals surface area contributed by atoms with Gasteiger partial charge >= 0.3 is 0 Å². The minimum Gasteiger partial charge on any atom is -0.326 e. The van der Waals surface area contributed by atoms with Gasteiger partial charge in [-0.15, -0.1) is 0 Å². The number of aryl methyl sites for hydroxylation is 2. The van der Waals surface area contributed by atoms with Crippen LogP contribution in [0.25, 0.3) is 0 Å². The van der Waals surface area contributed by atoms with Crippen molar-refractivity contribution in [3.8, 4) is 0 Å². The molecule has 1 rings (SSSR count). The third-order valence-electron chi connectivity index (χ3n) is 2.15. The highest BCUT2D eigenvalue weighted by molar-refractivity contribution is 5.31. The maximum Gasteiger partial charge on any atom is 0.0178 e. The summed E-state index contributed by atoms with van der Waals surface area (Å²) in [4.78, 5) is 0. The molecule has 0 saturated carbocycles. The third-order valence-corrected chi connectivity index (χ3v) is 2.15. The zero-order valence-electron chi connectivity index (χ0n) is 7.85. The fraction of sp³-hybridized carbons (Fsp3) is 0.455. The molecule has 0 unspecified atom stereocenters. The zero-order chi connectivity index (χ0) is 8.97. The predicted molar refractivity (Wildman–Crippen MR) is 51.9 cm³/mol. The van der Waals surface area contributed by atoms with Gasteiger partial charge in [-0.3, -0.25) is 0 Å². The average molecular weight is 162 g/mol. The molecule has 0 aliphatic carbocycles. The first kappa shape index (κ1) is 9.27. The van der Waals surface area contributed by atoms with Gasteiger partial charge in [0.15, 0.2) is 0 Å². The van der Waals surface area contributed by atoms with E-state index in [1.807, 2.05) is 6.07 Å². The first-order valence-corrected chi connectivity index (χ1v) is 4.54. The van der Waals surface area contributed by atoms with Crippen LogP contribution in [0.5, 0.6) is 0 Å². The first-order chi connectivity index (χ1) is 5.81. The third kappa shape index (κ3) is 1.86. The largest absolute Gasteiger partial charge is 0.326 e. The summed E-state index contributed by atoms with van der Waals surface area (Å²) in [6.07, 6.45) is 2.14. The van der Waals surface area contributed by atoms with E-state index in [0.29, 0.717) is 6.54 Å². The van der Waals surface area contributed by atoms with E-state index in [4.69, 9.17) is 5.73 Å². The molecule has 2 N–H and O–H groups in total. The molecule has 1 nitrogen and oxygen atoms in total. The molecule has 0 aliphatic heterocycles. The van der Waals surface area contributed by atoms with Crippen molar-refractivity contribution in [1.29, 1.82) is 0 Å². The molecule has 1 aromatic rings. The van der Waals surface area contributed by atoms with Gasteiger partial charge in [0.2, 0.25) is 0 Å². The Morgan fingerprint density at radius 2 is 2.08 bits per heavy atom. The van der Waals surface area contributed by atoms with Crippen molar-refractivity contribution < 1.29 is 0 Å². The topological polar surface area (TPSA) is 26.0 Å². The molecule has 0 saturated heterocycles. The Hall–Kier alpha value is -0.820. The lowest BCUT2D eigenvalue weighted by atomic mass is 10.0. The number of rotatable bonds is 3. The summed E-state index contributed by atoms with van der Waals surface area (Å²) < 4.78 is 0. The smallest absolute Gasteiger partial charge is 0.0178 e. The van der Waals surface area contributed by atoms with Crippen molar-refractivity contribution in [2.24, 2.45) is 5.73 Å². The molecule has 0 amide bonds. The van der Waals surface area contributed by atoms with Gasteiger partial charge in [0.1, 0.15) is 0 Å². The normalized spacial score (nSPS) is 10.2. The van der Waals surface area contributed by atoms with E-state index < -0.39 is 0 Å². The minimum atomic E-state index is 0.619. The number of hydrogen-bond donors (Lipinski definition) is 1. The van der Waals surface area contributed by atoms with Crippen LogP contribution in [0.3, 0.4) is 0 Å². The van der Waals surface area contributed by atoms with Gasteiger partial charge in [-0.25, -0.2) is 0 Å². The zero-order valence-corrected chi connectivity index (χ0v) is 7.85. The van der Waals surface area contributed by atoms with E-state index in [1.165, 1.54) is 16.7 Å². The second-order valence-corrected chi connectivity index (χ2v) is 2.92. The maximum absolute atomic E-state index is 5.54. The van der Waals surface area contributed by atoms with Crippen molar-refractivity contribution in [2.45, 2.75) is 33.2 Å². The Balaban J connectivity index is 3.02. The van der Waals surface area contributed by atoms with Crippen LogP contribution in [0.15, 0.2) is 12.1 Å². The van der Waals surface area contributed by atoms with Crippen molar-refractivity contribution in [1.82, 2.24) is 0 Å². The van der Waals surface area contributed by atoms with Crippen molar-refractivity contribution in [3.63, 3.8) is 0 Å². The average Bonchev–Trinajstić information content (AvgIpc) is 2.16. The molecule has 0 atom stereocenters. The molecule has 65 valence electrons. The highest BCUT2D eigenvalue weighted by Crippen LogP contribution is 2.12. The van der Waals surface area contributed by atoms with Crippen LogP contribution in [0, 0.1) is 6.07 Å². The molecule has 0 aliphatic rings. The molecule has 0 bridgehead atoms. The van der Waals surface area contributed by atoms with Crippen LogP contribution < -0.4 is 5.73 Å². The second-order valence-electron chi connectivity index (χ2n) is 2.92. The first-order valence-electron chi connectivity index (χ1n) is 4.54. The fourth-order valence-electron chi connectivity index (χ4n) is 1.39. The van der Waals surface area contributed by atoms with E-state index in [-0.39, 0.29) is 0 Å². The Bertz CT molecular complexity index is 253. The molecule has 0 spiro atoms. The van der Waals surface area contributed by atoms with E-state index in [2.05, 4.69) is 26.0 Å². The van der Waals surface area contributed by atoms with E-state index in [9.17, 15) is 0 Å². The highest BCUT2D eigenvalue weighted by Gasteiger charge is 1.99. The number of benzene rings is 1. The van der Waals surface area contributed by atoms with E-state index in [0.717, 1.165) is 12.8 Å².